The van der Waals surface area contributed by atoms with Gasteiger partial charge in [0.05, 0.1) is 0 Å². The molecule has 0 aromatic carbocycles. The van der Waals surface area contributed by atoms with Crippen LogP contribution in [0.4, 0.5) is 0 Å². The van der Waals surface area contributed by atoms with Crippen molar-refractivity contribution in [2.75, 3.05) is 0 Å². The van der Waals surface area contributed by atoms with Crippen molar-refractivity contribution in [1.29, 1.82) is 0 Å². The van der Waals surface area contributed by atoms with Crippen LogP contribution in [0, 0.1) is 93.7 Å². The fraction of sp³-hybridized carbons (Fsp3) is 1.00. The molecule has 0 aromatic rings. The summed E-state index contributed by atoms with van der Waals surface area (Å²) in [7, 11) is 0. The number of hydrogen-bond acceptors (Lipinski definition) is 0. The predicted octanol–water partition coefficient (Wildman–Crippen LogP) is 22.8. The second-order valence-corrected chi connectivity index (χ2v) is 27.7. The molecule has 2 rings (SSSR count). The van der Waals surface area contributed by atoms with Gasteiger partial charge in [0.2, 0.25) is 0 Å². The van der Waals surface area contributed by atoms with Crippen LogP contribution in [-0.4, -0.2) is 0 Å². The van der Waals surface area contributed by atoms with Crippen molar-refractivity contribution in [2.24, 2.45) is 93.7 Å². The number of rotatable bonds is 38. The summed E-state index contributed by atoms with van der Waals surface area (Å²) in [5, 5.41) is 0. The second kappa shape index (κ2) is 33.6. The lowest BCUT2D eigenvalue weighted by Crippen LogP contribution is -2.33. The lowest BCUT2D eigenvalue weighted by atomic mass is 9.62. The lowest BCUT2D eigenvalue weighted by molar-refractivity contribution is 0.0705. The molecular weight excluding hydrogens is 781 g/mol. The number of unbranched alkanes of at least 4 members (excludes halogenated alkanes) is 6. The molecule has 2 saturated carbocycles. The van der Waals surface area contributed by atoms with Crippen LogP contribution in [0.15, 0.2) is 0 Å². The van der Waals surface area contributed by atoms with E-state index in [0.29, 0.717) is 10.8 Å². The van der Waals surface area contributed by atoms with E-state index in [9.17, 15) is 0 Å². The highest BCUT2D eigenvalue weighted by Gasteiger charge is 2.37. The van der Waals surface area contributed by atoms with Crippen molar-refractivity contribution >= 4 is 0 Å². The summed E-state index contributed by atoms with van der Waals surface area (Å²) in [5.41, 5.74) is 1.13. The molecule has 14 atom stereocenters. The van der Waals surface area contributed by atoms with Gasteiger partial charge in [0.1, 0.15) is 0 Å². The van der Waals surface area contributed by atoms with E-state index in [2.05, 4.69) is 111 Å². The van der Waals surface area contributed by atoms with Crippen molar-refractivity contribution in [3.05, 3.63) is 0 Å². The predicted molar refractivity (Wildman–Crippen MR) is 297 cm³/mol. The van der Waals surface area contributed by atoms with Crippen molar-refractivity contribution in [3.63, 3.8) is 0 Å². The van der Waals surface area contributed by atoms with Crippen LogP contribution in [-0.2, 0) is 0 Å². The van der Waals surface area contributed by atoms with Gasteiger partial charge in [-0.05, 0) is 139 Å². The van der Waals surface area contributed by atoms with Gasteiger partial charge in [-0.2, -0.15) is 0 Å². The fourth-order valence-electron chi connectivity index (χ4n) is 14.9. The maximum absolute atomic E-state index is 2.63. The molecule has 388 valence electrons. The van der Waals surface area contributed by atoms with Gasteiger partial charge in [-0.3, -0.25) is 0 Å². The Hall–Kier alpha value is 0. The van der Waals surface area contributed by atoms with Crippen LogP contribution in [0.1, 0.15) is 323 Å². The summed E-state index contributed by atoms with van der Waals surface area (Å²) in [6, 6.07) is 0. The highest BCUT2D eigenvalue weighted by atomic mass is 14.4. The smallest absolute Gasteiger partial charge is 0.0323 e. The van der Waals surface area contributed by atoms with Gasteiger partial charge in [-0.25, -0.2) is 0 Å². The third kappa shape index (κ3) is 26.1. The minimum atomic E-state index is 0.565. The van der Waals surface area contributed by atoms with Gasteiger partial charge in [0.25, 0.3) is 0 Å². The molecule has 0 radical (unpaired) electrons. The van der Waals surface area contributed by atoms with E-state index in [0.717, 1.165) is 82.9 Å². The maximum atomic E-state index is 2.63. The van der Waals surface area contributed by atoms with Crippen LogP contribution in [0.3, 0.4) is 0 Å². The molecule has 0 heterocycles. The summed E-state index contributed by atoms with van der Waals surface area (Å²) in [5.74, 6) is 12.7. The topological polar surface area (TPSA) is 0 Å². The highest BCUT2D eigenvalue weighted by Crippen LogP contribution is 2.48. The SMILES string of the molecule is CCCCCC(C)C(CCCCCC(C)CC(C)CCCC(C)CCC1C(C)CCCC1(C)C)CC(C)C(C)CCCCCC(C)CC(C)CCCC(C)CCC1C(C)CCCC1(C)C. The Kier molecular flexibility index (Phi) is 31.6. The van der Waals surface area contributed by atoms with E-state index in [1.807, 2.05) is 0 Å². The van der Waals surface area contributed by atoms with Gasteiger partial charge < -0.3 is 0 Å². The first-order chi connectivity index (χ1) is 30.7. The summed E-state index contributed by atoms with van der Waals surface area (Å²) < 4.78 is 0. The van der Waals surface area contributed by atoms with E-state index in [1.54, 1.807) is 0 Å². The Morgan fingerprint density at radius 3 is 1.17 bits per heavy atom. The molecule has 14 unspecified atom stereocenters. The standard InChI is InChI=1S/C65H128/c1-17-18-21-37-57(9)61(40-25-20-23-31-53(5)48-55(7)35-27-33-51(3)42-44-63-59(11)39-29-46-65(63,15)16)49-60(12)56(8)36-24-19-22-30-52(4)47-54(6)34-26-32-50(2)41-43-62-58(10)38-28-45-64(62,13)14/h50-63H,17-49H2,1-16H3. The molecular formula is C65H128. The minimum Gasteiger partial charge on any atom is -0.0654 e. The average molecular weight is 910 g/mol. The van der Waals surface area contributed by atoms with Gasteiger partial charge in [0, 0.05) is 0 Å². The molecule has 2 aliphatic carbocycles. The summed E-state index contributed by atoms with van der Waals surface area (Å²) in [6.45, 7) is 40.9. The van der Waals surface area contributed by atoms with Crippen LogP contribution in [0.25, 0.3) is 0 Å². The van der Waals surface area contributed by atoms with Crippen molar-refractivity contribution in [3.8, 4) is 0 Å². The van der Waals surface area contributed by atoms with E-state index >= 15 is 0 Å². The molecule has 0 bridgehead atoms. The van der Waals surface area contributed by atoms with E-state index in [-0.39, 0.29) is 0 Å². The number of hydrogen-bond donors (Lipinski definition) is 0. The van der Waals surface area contributed by atoms with Gasteiger partial charge in [0.15, 0.2) is 0 Å². The lowest BCUT2D eigenvalue weighted by Gasteiger charge is -2.43. The quantitative estimate of drug-likeness (QED) is 0.0542. The Balaban J connectivity index is 1.59. The average Bonchev–Trinajstić information content (AvgIpc) is 3.22. The first-order valence-electron chi connectivity index (χ1n) is 30.7. The van der Waals surface area contributed by atoms with Crippen LogP contribution >= 0.6 is 0 Å². The molecule has 0 nitrogen and oxygen atoms in total. The summed E-state index contributed by atoms with van der Waals surface area (Å²) >= 11 is 0. The third-order valence-electron chi connectivity index (χ3n) is 20.0. The van der Waals surface area contributed by atoms with Crippen LogP contribution in [0.2, 0.25) is 0 Å². The molecule has 0 aromatic heterocycles. The normalized spacial score (nSPS) is 25.8. The zero-order valence-corrected chi connectivity index (χ0v) is 48.4. The molecule has 0 amide bonds. The van der Waals surface area contributed by atoms with Crippen molar-refractivity contribution < 1.29 is 0 Å². The molecule has 0 aliphatic heterocycles. The third-order valence-corrected chi connectivity index (χ3v) is 20.0. The van der Waals surface area contributed by atoms with Crippen LogP contribution in [0.5, 0.6) is 0 Å². The van der Waals surface area contributed by atoms with Gasteiger partial charge in [-0.1, -0.05) is 278 Å². The largest absolute Gasteiger partial charge is 0.0654 e. The van der Waals surface area contributed by atoms with Gasteiger partial charge >= 0.3 is 0 Å². The molecule has 65 heavy (non-hydrogen) atoms. The Morgan fingerprint density at radius 1 is 0.369 bits per heavy atom. The Morgan fingerprint density at radius 2 is 0.738 bits per heavy atom. The molecule has 0 heteroatoms. The van der Waals surface area contributed by atoms with Gasteiger partial charge in [-0.15, -0.1) is 0 Å². The monoisotopic (exact) mass is 909 g/mol. The zero-order chi connectivity index (χ0) is 48.4. The van der Waals surface area contributed by atoms with Crippen molar-refractivity contribution in [1.82, 2.24) is 0 Å². The first-order valence-corrected chi connectivity index (χ1v) is 30.7. The Bertz CT molecular complexity index is 1110. The van der Waals surface area contributed by atoms with E-state index < -0.39 is 0 Å². The first kappa shape index (κ1) is 61.1. The van der Waals surface area contributed by atoms with Crippen LogP contribution < -0.4 is 0 Å². The highest BCUT2D eigenvalue weighted by molar-refractivity contribution is 4.88. The van der Waals surface area contributed by atoms with E-state index in [1.165, 1.54) is 212 Å². The fourth-order valence-corrected chi connectivity index (χ4v) is 14.9. The van der Waals surface area contributed by atoms with E-state index in [4.69, 9.17) is 0 Å². The molecule has 0 saturated heterocycles. The summed E-state index contributed by atoms with van der Waals surface area (Å²) in [4.78, 5) is 0. The maximum Gasteiger partial charge on any atom is -0.0323 e. The molecule has 2 fully saturated rings. The minimum absolute atomic E-state index is 0.565. The van der Waals surface area contributed by atoms with Crippen molar-refractivity contribution in [2.45, 2.75) is 323 Å². The second-order valence-electron chi connectivity index (χ2n) is 27.7. The Labute approximate surface area is 414 Å². The molecule has 2 aliphatic rings. The molecule has 0 spiro atoms. The zero-order valence-electron chi connectivity index (χ0n) is 48.4. The molecule has 0 N–H and O–H groups in total. The summed E-state index contributed by atoms with van der Waals surface area (Å²) in [6.07, 6.45) is 47.9.